The fraction of sp³-hybridized carbons (Fsp3) is 0.471. The Morgan fingerprint density at radius 2 is 2.19 bits per heavy atom. The fourth-order valence-corrected chi connectivity index (χ4v) is 3.62. The monoisotopic (exact) mass is 302 g/mol. The van der Waals surface area contributed by atoms with E-state index in [0.29, 0.717) is 11.8 Å². The van der Waals surface area contributed by atoms with Crippen molar-refractivity contribution < 1.29 is 4.79 Å². The maximum Gasteiger partial charge on any atom is 0.254 e. The lowest BCUT2D eigenvalue weighted by Gasteiger charge is -2.37. The van der Waals surface area contributed by atoms with Gasteiger partial charge in [0.25, 0.3) is 5.91 Å². The number of benzene rings is 1. The highest BCUT2D eigenvalue weighted by Gasteiger charge is 2.29. The van der Waals surface area contributed by atoms with Crippen molar-refractivity contribution >= 4 is 17.7 Å². The van der Waals surface area contributed by atoms with E-state index in [-0.39, 0.29) is 11.9 Å². The summed E-state index contributed by atoms with van der Waals surface area (Å²) in [5, 5.41) is 0.476. The molecule has 2 unspecified atom stereocenters. The van der Waals surface area contributed by atoms with Crippen molar-refractivity contribution in [3.63, 3.8) is 0 Å². The quantitative estimate of drug-likeness (QED) is 0.810. The van der Waals surface area contributed by atoms with E-state index >= 15 is 0 Å². The van der Waals surface area contributed by atoms with Gasteiger partial charge >= 0.3 is 0 Å². The second-order valence-corrected chi connectivity index (χ2v) is 6.89. The molecule has 112 valence electrons. The van der Waals surface area contributed by atoms with E-state index in [0.717, 1.165) is 29.0 Å². The molecular formula is C17H22N2OS. The number of carbonyl (C=O) groups is 1. The predicted molar refractivity (Wildman–Crippen MR) is 89.5 cm³/mol. The van der Waals surface area contributed by atoms with Crippen LogP contribution in [-0.4, -0.2) is 40.9 Å². The van der Waals surface area contributed by atoms with Crippen LogP contribution in [0.5, 0.6) is 0 Å². The van der Waals surface area contributed by atoms with Gasteiger partial charge in [0, 0.05) is 34.7 Å². The van der Waals surface area contributed by atoms with Crippen molar-refractivity contribution in [2.24, 2.45) is 5.73 Å². The van der Waals surface area contributed by atoms with Crippen molar-refractivity contribution in [3.8, 4) is 11.8 Å². The number of nitrogens with two attached hydrogens (primary N) is 1. The lowest BCUT2D eigenvalue weighted by atomic mass is 10.0. The zero-order valence-electron chi connectivity index (χ0n) is 12.8. The molecule has 1 aliphatic heterocycles. The van der Waals surface area contributed by atoms with Crippen molar-refractivity contribution in [3.05, 3.63) is 34.9 Å². The number of thioether (sulfide) groups is 1. The molecule has 3 nitrogen and oxygen atoms in total. The molecule has 2 N–H and O–H groups in total. The Morgan fingerprint density at radius 1 is 1.43 bits per heavy atom. The molecule has 1 saturated heterocycles. The molecule has 0 radical (unpaired) electrons. The zero-order valence-corrected chi connectivity index (χ0v) is 13.7. The van der Waals surface area contributed by atoms with Gasteiger partial charge in [-0.05, 0) is 37.6 Å². The van der Waals surface area contributed by atoms with Crippen molar-refractivity contribution in [2.75, 3.05) is 18.8 Å². The van der Waals surface area contributed by atoms with E-state index in [1.807, 2.05) is 41.8 Å². The van der Waals surface area contributed by atoms with Gasteiger partial charge in [-0.25, -0.2) is 0 Å². The smallest absolute Gasteiger partial charge is 0.254 e. The van der Waals surface area contributed by atoms with Crippen LogP contribution < -0.4 is 5.73 Å². The number of rotatable bonds is 1. The molecule has 0 spiro atoms. The van der Waals surface area contributed by atoms with Gasteiger partial charge in [0.15, 0.2) is 0 Å². The largest absolute Gasteiger partial charge is 0.334 e. The highest BCUT2D eigenvalue weighted by Crippen LogP contribution is 2.26. The Hall–Kier alpha value is -1.44. The fourth-order valence-electron chi connectivity index (χ4n) is 2.52. The van der Waals surface area contributed by atoms with E-state index in [1.165, 1.54) is 0 Å². The summed E-state index contributed by atoms with van der Waals surface area (Å²) >= 11 is 1.93. The number of hydrogen-bond acceptors (Lipinski definition) is 3. The summed E-state index contributed by atoms with van der Waals surface area (Å²) < 4.78 is 0. The number of carbonyl (C=O) groups excluding carboxylic acids is 1. The van der Waals surface area contributed by atoms with Crippen molar-refractivity contribution in [1.29, 1.82) is 0 Å². The van der Waals surface area contributed by atoms with E-state index < -0.39 is 0 Å². The predicted octanol–water partition coefficient (Wildman–Crippen LogP) is 2.27. The second kappa shape index (κ2) is 7.02. The molecule has 1 aromatic carbocycles. The average molecular weight is 302 g/mol. The van der Waals surface area contributed by atoms with Crippen LogP contribution in [0.15, 0.2) is 18.2 Å². The highest BCUT2D eigenvalue weighted by atomic mass is 32.2. The minimum Gasteiger partial charge on any atom is -0.334 e. The maximum absolute atomic E-state index is 12.8. The summed E-state index contributed by atoms with van der Waals surface area (Å²) in [6.07, 6.45) is 0. The van der Waals surface area contributed by atoms with Crippen LogP contribution in [0.25, 0.3) is 0 Å². The summed E-state index contributed by atoms with van der Waals surface area (Å²) in [6.45, 7) is 7.44. The zero-order chi connectivity index (χ0) is 15.4. The van der Waals surface area contributed by atoms with E-state index in [1.54, 1.807) is 0 Å². The topological polar surface area (TPSA) is 46.3 Å². The van der Waals surface area contributed by atoms with Crippen LogP contribution >= 0.6 is 11.8 Å². The third kappa shape index (κ3) is 3.81. The molecule has 2 atom stereocenters. The molecule has 1 amide bonds. The van der Waals surface area contributed by atoms with Gasteiger partial charge in [-0.3, -0.25) is 4.79 Å². The van der Waals surface area contributed by atoms with Crippen LogP contribution in [0, 0.1) is 18.8 Å². The van der Waals surface area contributed by atoms with Crippen LogP contribution in [0.3, 0.4) is 0 Å². The molecule has 0 aliphatic carbocycles. The average Bonchev–Trinajstić information content (AvgIpc) is 2.46. The number of hydrogen-bond donors (Lipinski definition) is 1. The molecular weight excluding hydrogens is 280 g/mol. The molecule has 0 aromatic heterocycles. The molecule has 2 rings (SSSR count). The van der Waals surface area contributed by atoms with Crippen molar-refractivity contribution in [2.45, 2.75) is 32.1 Å². The van der Waals surface area contributed by atoms with Gasteiger partial charge in [0.1, 0.15) is 0 Å². The third-order valence-electron chi connectivity index (χ3n) is 3.80. The number of aryl methyl sites for hydroxylation is 1. The van der Waals surface area contributed by atoms with Gasteiger partial charge in [-0.1, -0.05) is 18.8 Å². The first kappa shape index (κ1) is 15.9. The van der Waals surface area contributed by atoms with E-state index in [9.17, 15) is 4.79 Å². The SMILES string of the molecule is Cc1cc(C#CCN)cc(C(=O)N2CCSC(C)C2C)c1. The summed E-state index contributed by atoms with van der Waals surface area (Å²) in [5.41, 5.74) is 8.04. The van der Waals surface area contributed by atoms with Gasteiger partial charge in [0.2, 0.25) is 0 Å². The number of nitrogens with zero attached hydrogens (tertiary/aromatic N) is 1. The first-order chi connectivity index (χ1) is 10.0. The lowest BCUT2D eigenvalue weighted by Crippen LogP contribution is -2.48. The molecule has 0 saturated carbocycles. The van der Waals surface area contributed by atoms with E-state index in [2.05, 4.69) is 25.7 Å². The van der Waals surface area contributed by atoms with Crippen molar-refractivity contribution in [1.82, 2.24) is 4.90 Å². The summed E-state index contributed by atoms with van der Waals surface area (Å²) in [5.74, 6) is 6.96. The molecule has 1 aromatic rings. The molecule has 0 bridgehead atoms. The Labute approximate surface area is 131 Å². The van der Waals surface area contributed by atoms with Gasteiger partial charge < -0.3 is 10.6 Å². The first-order valence-corrected chi connectivity index (χ1v) is 8.31. The maximum atomic E-state index is 12.8. The summed E-state index contributed by atoms with van der Waals surface area (Å²) in [7, 11) is 0. The normalized spacial score (nSPS) is 21.6. The molecule has 21 heavy (non-hydrogen) atoms. The van der Waals surface area contributed by atoms with E-state index in [4.69, 9.17) is 5.73 Å². The molecule has 1 heterocycles. The minimum atomic E-state index is 0.106. The lowest BCUT2D eigenvalue weighted by molar-refractivity contribution is 0.0698. The Kier molecular flexibility index (Phi) is 5.33. The molecule has 1 aliphatic rings. The Bertz CT molecular complexity index is 588. The second-order valence-electron chi connectivity index (χ2n) is 5.41. The van der Waals surface area contributed by atoms with Crippen LogP contribution in [-0.2, 0) is 0 Å². The van der Waals surface area contributed by atoms with Crippen LogP contribution in [0.2, 0.25) is 0 Å². The third-order valence-corrected chi connectivity index (χ3v) is 5.14. The minimum absolute atomic E-state index is 0.106. The summed E-state index contributed by atoms with van der Waals surface area (Å²) in [6, 6.07) is 6.05. The summed E-state index contributed by atoms with van der Waals surface area (Å²) in [4.78, 5) is 14.8. The molecule has 4 heteroatoms. The Morgan fingerprint density at radius 3 is 2.90 bits per heavy atom. The van der Waals surface area contributed by atoms with Crippen LogP contribution in [0.1, 0.15) is 35.3 Å². The molecule has 1 fully saturated rings. The van der Waals surface area contributed by atoms with Gasteiger partial charge in [-0.2, -0.15) is 11.8 Å². The van der Waals surface area contributed by atoms with Crippen LogP contribution in [0.4, 0.5) is 0 Å². The highest BCUT2D eigenvalue weighted by molar-refractivity contribution is 8.00. The van der Waals surface area contributed by atoms with Gasteiger partial charge in [0.05, 0.1) is 6.54 Å². The number of amides is 1. The van der Waals surface area contributed by atoms with Gasteiger partial charge in [-0.15, -0.1) is 0 Å². The standard InChI is InChI=1S/C17H22N2OS/c1-12-9-15(5-4-6-18)11-16(10-12)17(20)19-7-8-21-14(3)13(19)2/h9-11,13-14H,6-8,18H2,1-3H3. The first-order valence-electron chi connectivity index (χ1n) is 7.26. The Balaban J connectivity index is 2.28.